The number of hydrogen-bond donors (Lipinski definition) is 1. The van der Waals surface area contributed by atoms with Crippen LogP contribution >= 0.6 is 0 Å². The highest BCUT2D eigenvalue weighted by atomic mass is 32.2. The van der Waals surface area contributed by atoms with Gasteiger partial charge in [0.05, 0.1) is 18.5 Å². The monoisotopic (exact) mass is 307 g/mol. The van der Waals surface area contributed by atoms with Gasteiger partial charge in [-0.15, -0.1) is 0 Å². The summed E-state index contributed by atoms with van der Waals surface area (Å²) >= 11 is 0. The lowest BCUT2D eigenvalue weighted by Gasteiger charge is -2.35. The minimum Gasteiger partial charge on any atom is -0.480 e. The SMILES string of the molecule is CC(C)C(C(=O)O)S(=O)(=O)CC1CN(C(C)C)CCO1. The topological polar surface area (TPSA) is 83.9 Å². The minimum absolute atomic E-state index is 0.231. The molecule has 7 heteroatoms. The summed E-state index contributed by atoms with van der Waals surface area (Å²) in [5, 5.41) is 7.76. The molecule has 1 aliphatic rings. The molecule has 0 radical (unpaired) electrons. The second-order valence-electron chi connectivity index (χ2n) is 5.91. The molecule has 6 nitrogen and oxygen atoms in total. The van der Waals surface area contributed by atoms with Crippen molar-refractivity contribution in [2.24, 2.45) is 5.92 Å². The van der Waals surface area contributed by atoms with E-state index in [-0.39, 0.29) is 5.75 Å². The van der Waals surface area contributed by atoms with Crippen LogP contribution < -0.4 is 0 Å². The summed E-state index contributed by atoms with van der Waals surface area (Å²) in [4.78, 5) is 13.3. The van der Waals surface area contributed by atoms with Gasteiger partial charge in [0.2, 0.25) is 0 Å². The lowest BCUT2D eigenvalue weighted by atomic mass is 10.1. The molecule has 0 aromatic rings. The van der Waals surface area contributed by atoms with Gasteiger partial charge in [-0.1, -0.05) is 13.8 Å². The van der Waals surface area contributed by atoms with Crippen LogP contribution in [0.2, 0.25) is 0 Å². The van der Waals surface area contributed by atoms with Crippen molar-refractivity contribution >= 4 is 15.8 Å². The summed E-state index contributed by atoms with van der Waals surface area (Å²) in [5.41, 5.74) is 0. The van der Waals surface area contributed by atoms with Crippen LogP contribution in [0.15, 0.2) is 0 Å². The molecular weight excluding hydrogens is 282 g/mol. The van der Waals surface area contributed by atoms with E-state index in [0.717, 1.165) is 6.54 Å². The first-order chi connectivity index (χ1) is 9.15. The predicted molar refractivity (Wildman–Crippen MR) is 76.5 cm³/mol. The molecule has 0 bridgehead atoms. The average molecular weight is 307 g/mol. The summed E-state index contributed by atoms with van der Waals surface area (Å²) in [7, 11) is -3.72. The molecule has 1 N–H and O–H groups in total. The fourth-order valence-corrected chi connectivity index (χ4v) is 4.59. The molecule has 2 unspecified atom stereocenters. The Morgan fingerprint density at radius 1 is 1.35 bits per heavy atom. The molecule has 1 rings (SSSR count). The number of carbonyl (C=O) groups is 1. The highest BCUT2D eigenvalue weighted by Crippen LogP contribution is 2.18. The van der Waals surface area contributed by atoms with Crippen molar-refractivity contribution in [3.63, 3.8) is 0 Å². The van der Waals surface area contributed by atoms with Crippen LogP contribution in [0.5, 0.6) is 0 Å². The van der Waals surface area contributed by atoms with E-state index in [0.29, 0.717) is 19.2 Å². The predicted octanol–water partition coefficient (Wildman–Crippen LogP) is 0.620. The van der Waals surface area contributed by atoms with Crippen LogP contribution in [0.4, 0.5) is 0 Å². The minimum atomic E-state index is -3.72. The van der Waals surface area contributed by atoms with E-state index < -0.39 is 33.1 Å². The van der Waals surface area contributed by atoms with Crippen LogP contribution in [0.1, 0.15) is 27.7 Å². The number of carboxylic acids is 1. The third-order valence-corrected chi connectivity index (χ3v) is 5.91. The van der Waals surface area contributed by atoms with Gasteiger partial charge >= 0.3 is 5.97 Å². The van der Waals surface area contributed by atoms with E-state index in [4.69, 9.17) is 9.84 Å². The third-order valence-electron chi connectivity index (χ3n) is 3.55. The molecule has 2 atom stereocenters. The molecule has 1 aliphatic heterocycles. The molecule has 1 heterocycles. The number of rotatable bonds is 6. The van der Waals surface area contributed by atoms with E-state index in [1.165, 1.54) is 0 Å². The first-order valence-corrected chi connectivity index (χ1v) is 8.66. The Hall–Kier alpha value is -0.660. The maximum atomic E-state index is 12.3. The van der Waals surface area contributed by atoms with E-state index >= 15 is 0 Å². The molecule has 20 heavy (non-hydrogen) atoms. The van der Waals surface area contributed by atoms with Crippen molar-refractivity contribution in [2.45, 2.75) is 45.1 Å². The Labute approximate surface area is 121 Å². The largest absolute Gasteiger partial charge is 0.480 e. The molecule has 0 saturated carbocycles. The number of aliphatic carboxylic acids is 1. The van der Waals surface area contributed by atoms with Crippen molar-refractivity contribution in [3.05, 3.63) is 0 Å². The molecular formula is C13H25NO5S. The van der Waals surface area contributed by atoms with E-state index in [1.54, 1.807) is 13.8 Å². The van der Waals surface area contributed by atoms with Gasteiger partial charge in [-0.25, -0.2) is 8.42 Å². The van der Waals surface area contributed by atoms with E-state index in [1.807, 2.05) is 13.8 Å². The Bertz CT molecular complexity index is 432. The number of sulfone groups is 1. The second kappa shape index (κ2) is 6.87. The highest BCUT2D eigenvalue weighted by Gasteiger charge is 2.38. The van der Waals surface area contributed by atoms with Crippen LogP contribution in [-0.4, -0.2) is 67.2 Å². The van der Waals surface area contributed by atoms with Crippen molar-refractivity contribution in [3.8, 4) is 0 Å². The molecule has 118 valence electrons. The number of nitrogens with zero attached hydrogens (tertiary/aromatic N) is 1. The van der Waals surface area contributed by atoms with Gasteiger partial charge in [-0.2, -0.15) is 0 Å². The standard InChI is InChI=1S/C13H25NO5S/c1-9(2)12(13(15)16)20(17,18)8-11-7-14(10(3)4)5-6-19-11/h9-12H,5-8H2,1-4H3,(H,15,16). The fraction of sp³-hybridized carbons (Fsp3) is 0.923. The summed E-state index contributed by atoms with van der Waals surface area (Å²) < 4.78 is 30.0. The molecule has 1 saturated heterocycles. The zero-order valence-electron chi connectivity index (χ0n) is 12.6. The first kappa shape index (κ1) is 17.4. The fourth-order valence-electron chi connectivity index (χ4n) is 2.53. The number of carboxylic acid groups (broad SMARTS) is 1. The molecule has 0 aromatic carbocycles. The Kier molecular flexibility index (Phi) is 5.97. The maximum Gasteiger partial charge on any atom is 0.322 e. The Morgan fingerprint density at radius 2 is 1.95 bits per heavy atom. The van der Waals surface area contributed by atoms with Gasteiger partial charge in [0.15, 0.2) is 15.1 Å². The number of ether oxygens (including phenoxy) is 1. The first-order valence-electron chi connectivity index (χ1n) is 6.95. The maximum absolute atomic E-state index is 12.3. The highest BCUT2D eigenvalue weighted by molar-refractivity contribution is 7.92. The Morgan fingerprint density at radius 3 is 2.40 bits per heavy atom. The van der Waals surface area contributed by atoms with Crippen LogP contribution in [-0.2, 0) is 19.4 Å². The third kappa shape index (κ3) is 4.43. The lowest BCUT2D eigenvalue weighted by Crippen LogP contribution is -2.49. The van der Waals surface area contributed by atoms with Gasteiger partial charge < -0.3 is 9.84 Å². The normalized spacial score (nSPS) is 23.2. The zero-order valence-corrected chi connectivity index (χ0v) is 13.4. The molecule has 0 aliphatic carbocycles. The lowest BCUT2D eigenvalue weighted by molar-refractivity contribution is -0.137. The quantitative estimate of drug-likeness (QED) is 0.774. The van der Waals surface area contributed by atoms with Crippen molar-refractivity contribution in [1.82, 2.24) is 4.90 Å². The van der Waals surface area contributed by atoms with Gasteiger partial charge in [0, 0.05) is 19.1 Å². The summed E-state index contributed by atoms with van der Waals surface area (Å²) in [5.74, 6) is -1.97. The smallest absolute Gasteiger partial charge is 0.322 e. The molecule has 0 spiro atoms. The molecule has 1 fully saturated rings. The van der Waals surface area contributed by atoms with Crippen molar-refractivity contribution in [2.75, 3.05) is 25.4 Å². The Balaban J connectivity index is 2.77. The van der Waals surface area contributed by atoms with E-state index in [9.17, 15) is 13.2 Å². The average Bonchev–Trinajstić information content (AvgIpc) is 2.26. The van der Waals surface area contributed by atoms with Crippen LogP contribution in [0.3, 0.4) is 0 Å². The number of hydrogen-bond acceptors (Lipinski definition) is 5. The van der Waals surface area contributed by atoms with Crippen molar-refractivity contribution < 1.29 is 23.1 Å². The molecule has 0 amide bonds. The van der Waals surface area contributed by atoms with E-state index in [2.05, 4.69) is 4.90 Å². The zero-order chi connectivity index (χ0) is 15.5. The van der Waals surface area contributed by atoms with Crippen LogP contribution in [0.25, 0.3) is 0 Å². The van der Waals surface area contributed by atoms with Crippen molar-refractivity contribution in [1.29, 1.82) is 0 Å². The molecule has 0 aromatic heterocycles. The van der Waals surface area contributed by atoms with Gasteiger partial charge in [0.25, 0.3) is 0 Å². The summed E-state index contributed by atoms with van der Waals surface area (Å²) in [6.45, 7) is 9.10. The van der Waals surface area contributed by atoms with Gasteiger partial charge in [-0.05, 0) is 19.8 Å². The summed E-state index contributed by atoms with van der Waals surface area (Å²) in [6, 6.07) is 0.324. The second-order valence-corrected chi connectivity index (χ2v) is 8.08. The van der Waals surface area contributed by atoms with Crippen LogP contribution in [0, 0.1) is 5.92 Å². The summed E-state index contributed by atoms with van der Waals surface area (Å²) in [6.07, 6.45) is -0.447. The van der Waals surface area contributed by atoms with Gasteiger partial charge in [-0.3, -0.25) is 9.69 Å². The number of morpholine rings is 1. The van der Waals surface area contributed by atoms with Gasteiger partial charge in [0.1, 0.15) is 0 Å².